The van der Waals surface area contributed by atoms with E-state index in [-0.39, 0.29) is 0 Å². The number of likely N-dealkylation sites (N-methyl/N-ethyl adjacent to an activating group) is 1. The number of morpholine rings is 1. The van der Waals surface area contributed by atoms with Crippen molar-refractivity contribution < 1.29 is 4.74 Å². The van der Waals surface area contributed by atoms with Crippen LogP contribution in [0.3, 0.4) is 0 Å². The number of hydrogen-bond donors (Lipinski definition) is 1. The molecule has 0 radical (unpaired) electrons. The Morgan fingerprint density at radius 3 is 2.47 bits per heavy atom. The average Bonchev–Trinajstić information content (AvgIpc) is 2.85. The third kappa shape index (κ3) is 4.85. The molecule has 168 valence electrons. The highest BCUT2D eigenvalue weighted by Gasteiger charge is 2.17. The van der Waals surface area contributed by atoms with E-state index in [2.05, 4.69) is 57.4 Å². The fourth-order valence-corrected chi connectivity index (χ4v) is 4.39. The monoisotopic (exact) mass is 432 g/mol. The molecule has 2 saturated heterocycles. The second kappa shape index (κ2) is 9.81. The van der Waals surface area contributed by atoms with Crippen LogP contribution in [0.4, 0.5) is 11.5 Å². The third-order valence-electron chi connectivity index (χ3n) is 6.41. The van der Waals surface area contributed by atoms with Gasteiger partial charge in [-0.25, -0.2) is 9.97 Å². The fourth-order valence-electron chi connectivity index (χ4n) is 4.39. The zero-order valence-electron chi connectivity index (χ0n) is 18.8. The molecule has 5 rings (SSSR count). The lowest BCUT2D eigenvalue weighted by Gasteiger charge is -2.34. The minimum atomic E-state index is 0.766. The van der Waals surface area contributed by atoms with Gasteiger partial charge in [-0.1, -0.05) is 30.3 Å². The predicted octanol–water partition coefficient (Wildman–Crippen LogP) is 2.79. The Kier molecular flexibility index (Phi) is 6.48. The van der Waals surface area contributed by atoms with Gasteiger partial charge in [-0.15, -0.1) is 0 Å². The smallest absolute Gasteiger partial charge is 0.162 e. The van der Waals surface area contributed by atoms with Gasteiger partial charge in [-0.2, -0.15) is 0 Å². The lowest BCUT2D eigenvalue weighted by atomic mass is 10.1. The number of piperazine rings is 1. The van der Waals surface area contributed by atoms with E-state index >= 15 is 0 Å². The highest BCUT2D eigenvalue weighted by molar-refractivity contribution is 5.92. The molecular formula is C25H32N6O. The molecule has 2 aliphatic heterocycles. The Balaban J connectivity index is 1.43. The second-order valence-corrected chi connectivity index (χ2v) is 8.63. The van der Waals surface area contributed by atoms with Gasteiger partial charge in [0.2, 0.25) is 0 Å². The first kappa shape index (κ1) is 21.1. The normalized spacial score (nSPS) is 18.2. The summed E-state index contributed by atoms with van der Waals surface area (Å²) in [7, 11) is 2.19. The van der Waals surface area contributed by atoms with Crippen LogP contribution < -0.4 is 10.2 Å². The number of rotatable bonds is 6. The number of aromatic nitrogens is 2. The van der Waals surface area contributed by atoms with E-state index in [4.69, 9.17) is 14.7 Å². The zero-order chi connectivity index (χ0) is 21.8. The number of anilines is 2. The average molecular weight is 433 g/mol. The lowest BCUT2D eigenvalue weighted by Crippen LogP contribution is -2.44. The van der Waals surface area contributed by atoms with Crippen molar-refractivity contribution >= 4 is 22.4 Å². The van der Waals surface area contributed by atoms with Crippen molar-refractivity contribution in [3.63, 3.8) is 0 Å². The predicted molar refractivity (Wildman–Crippen MR) is 130 cm³/mol. The van der Waals surface area contributed by atoms with Crippen molar-refractivity contribution in [1.82, 2.24) is 19.8 Å². The number of hydrogen-bond acceptors (Lipinski definition) is 7. The Hall–Kier alpha value is -2.74. The molecule has 1 N–H and O–H groups in total. The molecule has 0 atom stereocenters. The van der Waals surface area contributed by atoms with Crippen molar-refractivity contribution in [3.05, 3.63) is 48.5 Å². The summed E-state index contributed by atoms with van der Waals surface area (Å²) in [4.78, 5) is 17.1. The topological polar surface area (TPSA) is 56.8 Å². The minimum Gasteiger partial charge on any atom is -0.379 e. The number of benzene rings is 2. The number of nitrogens with zero attached hydrogens (tertiary/aromatic N) is 5. The first-order valence-electron chi connectivity index (χ1n) is 11.6. The molecule has 7 nitrogen and oxygen atoms in total. The van der Waals surface area contributed by atoms with Crippen molar-refractivity contribution in [1.29, 1.82) is 0 Å². The maximum Gasteiger partial charge on any atom is 0.162 e. The highest BCUT2D eigenvalue weighted by atomic mass is 16.5. The number of nitrogens with one attached hydrogen (secondary N) is 1. The van der Waals surface area contributed by atoms with E-state index in [0.29, 0.717) is 0 Å². The van der Waals surface area contributed by atoms with Crippen molar-refractivity contribution in [3.8, 4) is 11.4 Å². The van der Waals surface area contributed by atoms with Gasteiger partial charge in [0.15, 0.2) is 5.82 Å². The molecule has 0 unspecified atom stereocenters. The van der Waals surface area contributed by atoms with Crippen LogP contribution in [0.5, 0.6) is 0 Å². The van der Waals surface area contributed by atoms with E-state index in [1.165, 1.54) is 5.69 Å². The molecule has 0 aliphatic carbocycles. The van der Waals surface area contributed by atoms with Gasteiger partial charge in [-0.05, 0) is 25.2 Å². The fraction of sp³-hybridized carbons (Fsp3) is 0.440. The standard InChI is InChI=1S/C25H32N6O/c1-29-11-13-31(14-12-29)21-7-8-22-23(19-21)27-24(20-5-3-2-4-6-20)28-25(22)26-9-10-30-15-17-32-18-16-30/h2-8,19H,9-18H2,1H3,(H,26,27,28). The summed E-state index contributed by atoms with van der Waals surface area (Å²) in [5, 5.41) is 4.67. The Morgan fingerprint density at radius 2 is 1.69 bits per heavy atom. The molecule has 2 fully saturated rings. The van der Waals surface area contributed by atoms with E-state index in [1.54, 1.807) is 0 Å². The summed E-state index contributed by atoms with van der Waals surface area (Å²) < 4.78 is 5.46. The first-order chi connectivity index (χ1) is 15.8. The van der Waals surface area contributed by atoms with Crippen LogP contribution in [-0.2, 0) is 4.74 Å². The van der Waals surface area contributed by atoms with Crippen LogP contribution >= 0.6 is 0 Å². The van der Waals surface area contributed by atoms with Crippen LogP contribution in [0.15, 0.2) is 48.5 Å². The summed E-state index contributed by atoms with van der Waals surface area (Å²) >= 11 is 0. The Labute approximate surface area is 190 Å². The summed E-state index contributed by atoms with van der Waals surface area (Å²) in [6.45, 7) is 9.73. The molecular weight excluding hydrogens is 400 g/mol. The molecule has 0 saturated carbocycles. The first-order valence-corrected chi connectivity index (χ1v) is 11.6. The van der Waals surface area contributed by atoms with E-state index in [0.717, 1.165) is 93.7 Å². The van der Waals surface area contributed by atoms with Crippen molar-refractivity contribution in [2.45, 2.75) is 0 Å². The van der Waals surface area contributed by atoms with Crippen molar-refractivity contribution in [2.75, 3.05) is 82.8 Å². The molecule has 0 bridgehead atoms. The Bertz CT molecular complexity index is 1030. The molecule has 2 aromatic carbocycles. The van der Waals surface area contributed by atoms with Gasteiger partial charge in [0.25, 0.3) is 0 Å². The van der Waals surface area contributed by atoms with Gasteiger partial charge >= 0.3 is 0 Å². The molecule has 0 amide bonds. The van der Waals surface area contributed by atoms with Gasteiger partial charge in [-0.3, -0.25) is 4.90 Å². The van der Waals surface area contributed by atoms with Gasteiger partial charge in [0, 0.05) is 69.0 Å². The summed E-state index contributed by atoms with van der Waals surface area (Å²) in [5.41, 5.74) is 3.27. The van der Waals surface area contributed by atoms with E-state index in [9.17, 15) is 0 Å². The Morgan fingerprint density at radius 1 is 0.906 bits per heavy atom. The van der Waals surface area contributed by atoms with Crippen LogP contribution in [0.25, 0.3) is 22.3 Å². The molecule has 2 aliphatic rings. The van der Waals surface area contributed by atoms with E-state index < -0.39 is 0 Å². The molecule has 32 heavy (non-hydrogen) atoms. The van der Waals surface area contributed by atoms with Gasteiger partial charge < -0.3 is 19.9 Å². The van der Waals surface area contributed by atoms with Gasteiger partial charge in [0.05, 0.1) is 18.7 Å². The van der Waals surface area contributed by atoms with Crippen LogP contribution in [0.1, 0.15) is 0 Å². The van der Waals surface area contributed by atoms with Crippen LogP contribution in [-0.4, -0.2) is 92.4 Å². The van der Waals surface area contributed by atoms with E-state index in [1.807, 2.05) is 18.2 Å². The third-order valence-corrected chi connectivity index (χ3v) is 6.41. The number of ether oxygens (including phenoxy) is 1. The second-order valence-electron chi connectivity index (χ2n) is 8.63. The lowest BCUT2D eigenvalue weighted by molar-refractivity contribution is 0.0398. The molecule has 3 heterocycles. The molecule has 3 aromatic rings. The maximum atomic E-state index is 5.46. The highest BCUT2D eigenvalue weighted by Crippen LogP contribution is 2.29. The maximum absolute atomic E-state index is 5.46. The molecule has 0 spiro atoms. The number of fused-ring (bicyclic) bond motifs is 1. The van der Waals surface area contributed by atoms with Gasteiger partial charge in [0.1, 0.15) is 5.82 Å². The summed E-state index contributed by atoms with van der Waals surface area (Å²) in [6.07, 6.45) is 0. The summed E-state index contributed by atoms with van der Waals surface area (Å²) in [6, 6.07) is 16.9. The largest absolute Gasteiger partial charge is 0.379 e. The minimum absolute atomic E-state index is 0.766. The molecule has 7 heteroatoms. The molecule has 1 aromatic heterocycles. The SMILES string of the molecule is CN1CCN(c2ccc3c(NCCN4CCOCC4)nc(-c4ccccc4)nc3c2)CC1. The van der Waals surface area contributed by atoms with Crippen molar-refractivity contribution in [2.24, 2.45) is 0 Å². The van der Waals surface area contributed by atoms with Crippen LogP contribution in [0, 0.1) is 0 Å². The van der Waals surface area contributed by atoms with Crippen LogP contribution in [0.2, 0.25) is 0 Å². The summed E-state index contributed by atoms with van der Waals surface area (Å²) in [5.74, 6) is 1.68. The quantitative estimate of drug-likeness (QED) is 0.643. The zero-order valence-corrected chi connectivity index (χ0v) is 18.8.